The average Bonchev–Trinajstić information content (AvgIpc) is 2.46. The zero-order valence-corrected chi connectivity index (χ0v) is 9.68. The van der Waals surface area contributed by atoms with E-state index in [0.29, 0.717) is 13.0 Å². The average molecular weight is 235 g/mol. The van der Waals surface area contributed by atoms with E-state index in [9.17, 15) is 13.2 Å². The molecule has 0 aromatic heterocycles. The lowest BCUT2D eigenvalue weighted by Crippen LogP contribution is -2.36. The summed E-state index contributed by atoms with van der Waals surface area (Å²) in [5.41, 5.74) is 0. The second kappa shape index (κ2) is 5.34. The van der Waals surface area contributed by atoms with E-state index in [1.165, 1.54) is 0 Å². The third-order valence-electron chi connectivity index (χ3n) is 2.29. The highest BCUT2D eigenvalue weighted by Crippen LogP contribution is 2.11. The summed E-state index contributed by atoms with van der Waals surface area (Å²) in [4.78, 5) is 11.2. The van der Waals surface area contributed by atoms with E-state index in [4.69, 9.17) is 4.74 Å². The van der Waals surface area contributed by atoms with Crippen LogP contribution in [0.15, 0.2) is 0 Å². The summed E-state index contributed by atoms with van der Waals surface area (Å²) < 4.78 is 27.0. The maximum Gasteiger partial charge on any atom is 0.407 e. The smallest absolute Gasteiger partial charge is 0.407 e. The number of unbranched alkanes of at least 4 members (excludes halogenated alkanes) is 1. The molecule has 1 aliphatic heterocycles. The summed E-state index contributed by atoms with van der Waals surface area (Å²) in [5, 5.41) is 2.55. The Bertz CT molecular complexity index is 312. The van der Waals surface area contributed by atoms with Crippen LogP contribution in [0.3, 0.4) is 0 Å². The van der Waals surface area contributed by atoms with E-state index >= 15 is 0 Å². The van der Waals surface area contributed by atoms with Gasteiger partial charge in [-0.15, -0.1) is 0 Å². The van der Waals surface area contributed by atoms with Crippen LogP contribution in [0, 0.1) is 0 Å². The number of carbonyl (C=O) groups excluding carboxylic acids is 1. The van der Waals surface area contributed by atoms with Crippen molar-refractivity contribution in [3.05, 3.63) is 0 Å². The van der Waals surface area contributed by atoms with Crippen molar-refractivity contribution in [2.24, 2.45) is 0 Å². The molecule has 1 rings (SSSR count). The van der Waals surface area contributed by atoms with Crippen LogP contribution >= 0.6 is 0 Å². The van der Waals surface area contributed by atoms with Crippen molar-refractivity contribution in [2.75, 3.05) is 18.1 Å². The van der Waals surface area contributed by atoms with Crippen molar-refractivity contribution in [3.8, 4) is 0 Å². The SMILES string of the molecule is CCCCOC(=O)N[C@H]1CCS(=O)(=O)C1. The molecule has 0 radical (unpaired) electrons. The van der Waals surface area contributed by atoms with E-state index in [0.717, 1.165) is 12.8 Å². The lowest BCUT2D eigenvalue weighted by Gasteiger charge is -2.10. The van der Waals surface area contributed by atoms with Crippen LogP contribution in [-0.2, 0) is 14.6 Å². The topological polar surface area (TPSA) is 72.5 Å². The predicted octanol–water partition coefficient (Wildman–Crippen LogP) is 0.700. The first kappa shape index (κ1) is 12.3. The van der Waals surface area contributed by atoms with Gasteiger partial charge in [0.05, 0.1) is 18.1 Å². The first-order valence-electron chi connectivity index (χ1n) is 5.17. The van der Waals surface area contributed by atoms with Gasteiger partial charge in [0, 0.05) is 6.04 Å². The number of ether oxygens (including phenoxy) is 1. The molecule has 1 atom stereocenters. The molecule has 15 heavy (non-hydrogen) atoms. The quantitative estimate of drug-likeness (QED) is 0.728. The molecule has 0 bridgehead atoms. The van der Waals surface area contributed by atoms with Crippen LogP contribution in [-0.4, -0.2) is 38.7 Å². The Morgan fingerprint density at radius 2 is 2.27 bits per heavy atom. The largest absolute Gasteiger partial charge is 0.450 e. The number of rotatable bonds is 4. The molecule has 1 heterocycles. The molecule has 88 valence electrons. The van der Waals surface area contributed by atoms with Crippen LogP contribution in [0.1, 0.15) is 26.2 Å². The Morgan fingerprint density at radius 1 is 1.53 bits per heavy atom. The van der Waals surface area contributed by atoms with Gasteiger partial charge in [-0.05, 0) is 12.8 Å². The van der Waals surface area contributed by atoms with E-state index in [1.807, 2.05) is 6.92 Å². The molecular formula is C9H17NO4S. The minimum absolute atomic E-state index is 0.0376. The lowest BCUT2D eigenvalue weighted by molar-refractivity contribution is 0.141. The summed E-state index contributed by atoms with van der Waals surface area (Å²) >= 11 is 0. The fourth-order valence-corrected chi connectivity index (χ4v) is 3.10. The Balaban J connectivity index is 2.22. The van der Waals surface area contributed by atoms with Crippen molar-refractivity contribution >= 4 is 15.9 Å². The van der Waals surface area contributed by atoms with E-state index < -0.39 is 15.9 Å². The zero-order chi connectivity index (χ0) is 11.3. The van der Waals surface area contributed by atoms with Gasteiger partial charge in [0.15, 0.2) is 9.84 Å². The van der Waals surface area contributed by atoms with Crippen LogP contribution in [0.4, 0.5) is 4.79 Å². The number of hydrogen-bond donors (Lipinski definition) is 1. The molecule has 1 aliphatic rings. The second-order valence-electron chi connectivity index (χ2n) is 3.73. The van der Waals surface area contributed by atoms with Gasteiger partial charge in [-0.1, -0.05) is 13.3 Å². The van der Waals surface area contributed by atoms with Crippen molar-refractivity contribution in [2.45, 2.75) is 32.2 Å². The van der Waals surface area contributed by atoms with E-state index in [1.54, 1.807) is 0 Å². The van der Waals surface area contributed by atoms with Crippen LogP contribution in [0.2, 0.25) is 0 Å². The number of amides is 1. The van der Waals surface area contributed by atoms with Gasteiger partial charge in [-0.2, -0.15) is 0 Å². The van der Waals surface area contributed by atoms with Gasteiger partial charge in [0.1, 0.15) is 0 Å². The molecule has 0 aromatic rings. The first-order valence-corrected chi connectivity index (χ1v) is 6.99. The number of carbonyl (C=O) groups is 1. The third-order valence-corrected chi connectivity index (χ3v) is 4.05. The summed E-state index contributed by atoms with van der Waals surface area (Å²) in [7, 11) is -2.94. The second-order valence-corrected chi connectivity index (χ2v) is 5.96. The standard InChI is InChI=1S/C9H17NO4S/c1-2-3-5-14-9(11)10-8-4-6-15(12,13)7-8/h8H,2-7H2,1H3,(H,10,11)/t8-/m0/s1. The highest BCUT2D eigenvalue weighted by Gasteiger charge is 2.29. The molecule has 1 fully saturated rings. The minimum Gasteiger partial charge on any atom is -0.450 e. The number of alkyl carbamates (subject to hydrolysis) is 1. The van der Waals surface area contributed by atoms with Crippen LogP contribution < -0.4 is 5.32 Å². The number of hydrogen-bond acceptors (Lipinski definition) is 4. The Labute approximate surface area is 90.1 Å². The van der Waals surface area contributed by atoms with Gasteiger partial charge in [-0.25, -0.2) is 13.2 Å². The summed E-state index contributed by atoms with van der Waals surface area (Å²) in [5.74, 6) is 0.197. The zero-order valence-electron chi connectivity index (χ0n) is 8.86. The van der Waals surface area contributed by atoms with Crippen molar-refractivity contribution in [1.29, 1.82) is 0 Å². The molecule has 0 unspecified atom stereocenters. The Hall–Kier alpha value is -0.780. The number of sulfone groups is 1. The van der Waals surface area contributed by atoms with Crippen molar-refractivity contribution in [1.82, 2.24) is 5.32 Å². The first-order chi connectivity index (χ1) is 7.03. The maximum atomic E-state index is 11.2. The lowest BCUT2D eigenvalue weighted by atomic mass is 10.3. The normalized spacial score (nSPS) is 23.7. The monoisotopic (exact) mass is 235 g/mol. The third kappa shape index (κ3) is 4.51. The molecule has 6 heteroatoms. The number of nitrogens with one attached hydrogen (secondary N) is 1. The van der Waals surface area contributed by atoms with Crippen molar-refractivity contribution in [3.63, 3.8) is 0 Å². The Morgan fingerprint density at radius 3 is 2.80 bits per heavy atom. The fourth-order valence-electron chi connectivity index (χ4n) is 1.43. The van der Waals surface area contributed by atoms with Gasteiger partial charge in [-0.3, -0.25) is 0 Å². The molecule has 1 amide bonds. The van der Waals surface area contributed by atoms with Crippen LogP contribution in [0.5, 0.6) is 0 Å². The fraction of sp³-hybridized carbons (Fsp3) is 0.889. The van der Waals surface area contributed by atoms with E-state index in [2.05, 4.69) is 5.32 Å². The summed E-state index contributed by atoms with van der Waals surface area (Å²) in [6.45, 7) is 2.40. The molecule has 1 saturated heterocycles. The minimum atomic E-state index is -2.94. The molecule has 1 N–H and O–H groups in total. The van der Waals surface area contributed by atoms with Gasteiger partial charge < -0.3 is 10.1 Å². The Kier molecular flexibility index (Phi) is 4.38. The molecule has 0 spiro atoms. The molecular weight excluding hydrogens is 218 g/mol. The highest BCUT2D eigenvalue weighted by atomic mass is 32.2. The molecule has 5 nitrogen and oxygen atoms in total. The van der Waals surface area contributed by atoms with Crippen LogP contribution in [0.25, 0.3) is 0 Å². The maximum absolute atomic E-state index is 11.2. The summed E-state index contributed by atoms with van der Waals surface area (Å²) in [6, 6.07) is -0.274. The molecule has 0 aliphatic carbocycles. The van der Waals surface area contributed by atoms with Gasteiger partial charge in [0.2, 0.25) is 0 Å². The van der Waals surface area contributed by atoms with Gasteiger partial charge in [0.25, 0.3) is 0 Å². The molecule has 0 aromatic carbocycles. The predicted molar refractivity (Wildman–Crippen MR) is 56.5 cm³/mol. The van der Waals surface area contributed by atoms with E-state index in [-0.39, 0.29) is 17.5 Å². The molecule has 0 saturated carbocycles. The van der Waals surface area contributed by atoms with Crippen molar-refractivity contribution < 1.29 is 17.9 Å². The highest BCUT2D eigenvalue weighted by molar-refractivity contribution is 7.91. The van der Waals surface area contributed by atoms with Gasteiger partial charge >= 0.3 is 6.09 Å². The summed E-state index contributed by atoms with van der Waals surface area (Å²) in [6.07, 6.45) is 1.78.